The fraction of sp³-hybridized carbons (Fsp3) is 0.647. The Morgan fingerprint density at radius 3 is 2.72 bits per heavy atom. The maximum atomic E-state index is 12.1. The minimum absolute atomic E-state index is 0.165. The SMILES string of the molecule is CCCCCCC(C)NC(=NC)NCCNS(=O)(=O)c1cccnc1. The maximum absolute atomic E-state index is 12.1. The van der Waals surface area contributed by atoms with E-state index in [4.69, 9.17) is 0 Å². The summed E-state index contributed by atoms with van der Waals surface area (Å²) in [5, 5.41) is 6.45. The van der Waals surface area contributed by atoms with Crippen molar-refractivity contribution in [2.75, 3.05) is 20.1 Å². The van der Waals surface area contributed by atoms with Crippen molar-refractivity contribution >= 4 is 16.0 Å². The number of aromatic nitrogens is 1. The molecule has 1 heterocycles. The molecule has 0 fully saturated rings. The van der Waals surface area contributed by atoms with E-state index in [1.165, 1.54) is 37.9 Å². The van der Waals surface area contributed by atoms with Crippen molar-refractivity contribution in [1.82, 2.24) is 20.3 Å². The van der Waals surface area contributed by atoms with Crippen LogP contribution in [0.15, 0.2) is 34.4 Å². The van der Waals surface area contributed by atoms with Crippen LogP contribution in [0.4, 0.5) is 0 Å². The third kappa shape index (κ3) is 8.83. The molecule has 8 heteroatoms. The Kier molecular flexibility index (Phi) is 10.1. The van der Waals surface area contributed by atoms with Crippen molar-refractivity contribution in [2.45, 2.75) is 56.9 Å². The monoisotopic (exact) mass is 369 g/mol. The van der Waals surface area contributed by atoms with Gasteiger partial charge in [-0.15, -0.1) is 0 Å². The topological polar surface area (TPSA) is 95.5 Å². The minimum Gasteiger partial charge on any atom is -0.355 e. The van der Waals surface area contributed by atoms with Gasteiger partial charge in [0.05, 0.1) is 0 Å². The van der Waals surface area contributed by atoms with Gasteiger partial charge in [-0.25, -0.2) is 13.1 Å². The van der Waals surface area contributed by atoms with Gasteiger partial charge in [-0.1, -0.05) is 32.6 Å². The van der Waals surface area contributed by atoms with Crippen LogP contribution in [-0.2, 0) is 10.0 Å². The van der Waals surface area contributed by atoms with Crippen LogP contribution in [0.1, 0.15) is 46.0 Å². The normalized spacial score (nSPS) is 13.5. The van der Waals surface area contributed by atoms with E-state index in [1.54, 1.807) is 19.3 Å². The van der Waals surface area contributed by atoms with E-state index < -0.39 is 10.0 Å². The second-order valence-electron chi connectivity index (χ2n) is 5.98. The molecule has 3 N–H and O–H groups in total. The summed E-state index contributed by atoms with van der Waals surface area (Å²) >= 11 is 0. The molecule has 0 spiro atoms. The Labute approximate surface area is 151 Å². The van der Waals surface area contributed by atoms with E-state index in [-0.39, 0.29) is 11.4 Å². The summed E-state index contributed by atoms with van der Waals surface area (Å²) in [7, 11) is -1.81. The highest BCUT2D eigenvalue weighted by Crippen LogP contribution is 2.05. The molecule has 0 bridgehead atoms. The number of unbranched alkanes of at least 4 members (excludes halogenated alkanes) is 3. The van der Waals surface area contributed by atoms with Gasteiger partial charge in [-0.2, -0.15) is 0 Å². The molecule has 1 aromatic rings. The van der Waals surface area contributed by atoms with Gasteiger partial charge in [-0.3, -0.25) is 9.98 Å². The zero-order chi connectivity index (χ0) is 18.5. The molecule has 1 unspecified atom stereocenters. The van der Waals surface area contributed by atoms with Gasteiger partial charge in [0.25, 0.3) is 0 Å². The van der Waals surface area contributed by atoms with E-state index in [2.05, 4.69) is 39.2 Å². The first-order valence-corrected chi connectivity index (χ1v) is 10.3. The van der Waals surface area contributed by atoms with E-state index in [0.29, 0.717) is 18.5 Å². The van der Waals surface area contributed by atoms with Crippen LogP contribution in [0.5, 0.6) is 0 Å². The molecule has 0 aliphatic rings. The van der Waals surface area contributed by atoms with E-state index in [1.807, 2.05) is 0 Å². The predicted octanol–water partition coefficient (Wildman–Crippen LogP) is 1.88. The van der Waals surface area contributed by atoms with Crippen molar-refractivity contribution < 1.29 is 8.42 Å². The molecule has 0 aliphatic heterocycles. The minimum atomic E-state index is -3.52. The number of nitrogens with zero attached hydrogens (tertiary/aromatic N) is 2. The Bertz CT molecular complexity index is 605. The summed E-state index contributed by atoms with van der Waals surface area (Å²) in [6.07, 6.45) is 8.93. The molecular formula is C17H31N5O2S. The van der Waals surface area contributed by atoms with Gasteiger partial charge in [-0.05, 0) is 25.5 Å². The molecule has 0 aliphatic carbocycles. The zero-order valence-corrected chi connectivity index (χ0v) is 16.3. The molecule has 142 valence electrons. The third-order valence-electron chi connectivity index (χ3n) is 3.75. The molecule has 0 radical (unpaired) electrons. The molecule has 7 nitrogen and oxygen atoms in total. The van der Waals surface area contributed by atoms with Crippen LogP contribution < -0.4 is 15.4 Å². The number of hydrogen-bond acceptors (Lipinski definition) is 4. The summed E-state index contributed by atoms with van der Waals surface area (Å²) < 4.78 is 26.7. The Balaban J connectivity index is 2.29. The van der Waals surface area contributed by atoms with Crippen molar-refractivity contribution in [3.8, 4) is 0 Å². The number of pyridine rings is 1. The lowest BCUT2D eigenvalue weighted by atomic mass is 10.1. The van der Waals surface area contributed by atoms with Gasteiger partial charge >= 0.3 is 0 Å². The third-order valence-corrected chi connectivity index (χ3v) is 5.20. The smallest absolute Gasteiger partial charge is 0.242 e. The highest BCUT2D eigenvalue weighted by Gasteiger charge is 2.13. The Morgan fingerprint density at radius 2 is 2.08 bits per heavy atom. The van der Waals surface area contributed by atoms with E-state index in [9.17, 15) is 8.42 Å². The molecular weight excluding hydrogens is 338 g/mol. The second kappa shape index (κ2) is 11.8. The number of guanidine groups is 1. The first-order chi connectivity index (χ1) is 12.0. The van der Waals surface area contributed by atoms with Crippen LogP contribution in [0.2, 0.25) is 0 Å². The molecule has 1 atom stereocenters. The van der Waals surface area contributed by atoms with Crippen LogP contribution in [0.25, 0.3) is 0 Å². The molecule has 0 saturated heterocycles. The number of hydrogen-bond donors (Lipinski definition) is 3. The number of sulfonamides is 1. The van der Waals surface area contributed by atoms with Crippen molar-refractivity contribution in [1.29, 1.82) is 0 Å². The number of rotatable bonds is 11. The fourth-order valence-electron chi connectivity index (χ4n) is 2.33. The second-order valence-corrected chi connectivity index (χ2v) is 7.75. The Hall–Kier alpha value is -1.67. The number of aliphatic imine (C=N–C) groups is 1. The van der Waals surface area contributed by atoms with Crippen LogP contribution >= 0.6 is 0 Å². The van der Waals surface area contributed by atoms with Gasteiger partial charge < -0.3 is 10.6 Å². The molecule has 0 aromatic carbocycles. The van der Waals surface area contributed by atoms with Crippen LogP contribution in [0, 0.1) is 0 Å². The highest BCUT2D eigenvalue weighted by molar-refractivity contribution is 7.89. The summed E-state index contributed by atoms with van der Waals surface area (Å²) in [5.41, 5.74) is 0. The first kappa shape index (κ1) is 21.4. The molecule has 0 amide bonds. The Morgan fingerprint density at radius 1 is 1.28 bits per heavy atom. The van der Waals surface area contributed by atoms with Crippen molar-refractivity contribution in [3.63, 3.8) is 0 Å². The summed E-state index contributed by atoms with van der Waals surface area (Å²) in [6, 6.07) is 3.44. The summed E-state index contributed by atoms with van der Waals surface area (Å²) in [6.45, 7) is 5.05. The molecule has 1 rings (SSSR count). The average molecular weight is 370 g/mol. The van der Waals surface area contributed by atoms with Crippen LogP contribution in [0.3, 0.4) is 0 Å². The standard InChI is InChI=1S/C17H31N5O2S/c1-4-5-6-7-9-15(2)22-17(18-3)20-12-13-21-25(23,24)16-10-8-11-19-14-16/h8,10-11,14-15,21H,4-7,9,12-13H2,1-3H3,(H2,18,20,22). The maximum Gasteiger partial charge on any atom is 0.242 e. The number of nitrogens with one attached hydrogen (secondary N) is 3. The summed E-state index contributed by atoms with van der Waals surface area (Å²) in [5.74, 6) is 0.684. The highest BCUT2D eigenvalue weighted by atomic mass is 32.2. The molecule has 25 heavy (non-hydrogen) atoms. The van der Waals surface area contributed by atoms with Gasteiger partial charge in [0, 0.05) is 38.6 Å². The lowest BCUT2D eigenvalue weighted by Crippen LogP contribution is -2.44. The van der Waals surface area contributed by atoms with Crippen molar-refractivity contribution in [2.24, 2.45) is 4.99 Å². The van der Waals surface area contributed by atoms with E-state index in [0.717, 1.165) is 6.42 Å². The van der Waals surface area contributed by atoms with Gasteiger partial charge in [0.2, 0.25) is 10.0 Å². The van der Waals surface area contributed by atoms with E-state index >= 15 is 0 Å². The van der Waals surface area contributed by atoms with Crippen LogP contribution in [-0.4, -0.2) is 45.5 Å². The average Bonchev–Trinajstić information content (AvgIpc) is 2.62. The predicted molar refractivity (Wildman–Crippen MR) is 102 cm³/mol. The fourth-order valence-corrected chi connectivity index (χ4v) is 3.33. The quantitative estimate of drug-likeness (QED) is 0.314. The van der Waals surface area contributed by atoms with Gasteiger partial charge in [0.1, 0.15) is 4.90 Å². The lowest BCUT2D eigenvalue weighted by molar-refractivity contribution is 0.536. The molecule has 1 aromatic heterocycles. The zero-order valence-electron chi connectivity index (χ0n) is 15.5. The lowest BCUT2D eigenvalue weighted by Gasteiger charge is -2.18. The van der Waals surface area contributed by atoms with Crippen molar-refractivity contribution in [3.05, 3.63) is 24.5 Å². The largest absolute Gasteiger partial charge is 0.355 e. The summed E-state index contributed by atoms with van der Waals surface area (Å²) in [4.78, 5) is 8.16. The van der Waals surface area contributed by atoms with Gasteiger partial charge in [0.15, 0.2) is 5.96 Å². The molecule has 0 saturated carbocycles. The first-order valence-electron chi connectivity index (χ1n) is 8.86.